The first-order valence-corrected chi connectivity index (χ1v) is 7.39. The summed E-state index contributed by atoms with van der Waals surface area (Å²) in [5.41, 5.74) is 0. The molecular formula is C14H26N2O2. The number of nitrogens with one attached hydrogen (secondary N) is 1. The van der Waals surface area contributed by atoms with Crippen LogP contribution in [0, 0.1) is 11.8 Å². The normalized spacial score (nSPS) is 26.3. The second-order valence-corrected chi connectivity index (χ2v) is 5.76. The van der Waals surface area contributed by atoms with Gasteiger partial charge in [0.15, 0.2) is 0 Å². The highest BCUT2D eigenvalue weighted by Crippen LogP contribution is 2.22. The Morgan fingerprint density at radius 3 is 2.72 bits per heavy atom. The number of rotatable bonds is 4. The van der Waals surface area contributed by atoms with Gasteiger partial charge in [-0.2, -0.15) is 0 Å². The van der Waals surface area contributed by atoms with Gasteiger partial charge in [-0.05, 0) is 57.0 Å². The third-order valence-corrected chi connectivity index (χ3v) is 4.33. The minimum atomic E-state index is 0.251. The highest BCUT2D eigenvalue weighted by atomic mass is 16.3. The van der Waals surface area contributed by atoms with Crippen LogP contribution in [0.3, 0.4) is 0 Å². The molecule has 2 aliphatic heterocycles. The molecule has 2 rings (SSSR count). The van der Waals surface area contributed by atoms with E-state index in [0.717, 1.165) is 64.7 Å². The summed E-state index contributed by atoms with van der Waals surface area (Å²) in [6, 6.07) is 0. The molecule has 0 aromatic heterocycles. The van der Waals surface area contributed by atoms with Crippen molar-refractivity contribution in [2.75, 3.05) is 32.8 Å². The molecule has 1 amide bonds. The standard InChI is InChI=1S/C14H26N2O2/c17-9-5-13-2-1-8-16(11-13)14(18)10-12-3-6-15-7-4-12/h12-13,15,17H,1-11H2. The van der Waals surface area contributed by atoms with Crippen molar-refractivity contribution in [1.29, 1.82) is 0 Å². The van der Waals surface area contributed by atoms with Crippen LogP contribution >= 0.6 is 0 Å². The Bertz CT molecular complexity index is 263. The number of nitrogens with zero attached hydrogens (tertiary/aromatic N) is 1. The van der Waals surface area contributed by atoms with Gasteiger partial charge in [-0.15, -0.1) is 0 Å². The number of piperidine rings is 2. The average molecular weight is 254 g/mol. The monoisotopic (exact) mass is 254 g/mol. The second kappa shape index (κ2) is 7.10. The lowest BCUT2D eigenvalue weighted by atomic mass is 9.92. The van der Waals surface area contributed by atoms with Crippen LogP contribution in [0.25, 0.3) is 0 Å². The fourth-order valence-corrected chi connectivity index (χ4v) is 3.17. The number of amides is 1. The highest BCUT2D eigenvalue weighted by Gasteiger charge is 2.25. The zero-order valence-corrected chi connectivity index (χ0v) is 11.2. The molecule has 0 bridgehead atoms. The average Bonchev–Trinajstić information content (AvgIpc) is 2.40. The fraction of sp³-hybridized carbons (Fsp3) is 0.929. The fourth-order valence-electron chi connectivity index (χ4n) is 3.17. The molecule has 2 aliphatic rings. The number of aliphatic hydroxyl groups is 1. The van der Waals surface area contributed by atoms with Gasteiger partial charge in [-0.3, -0.25) is 4.79 Å². The summed E-state index contributed by atoms with van der Waals surface area (Å²) in [7, 11) is 0. The maximum absolute atomic E-state index is 12.3. The summed E-state index contributed by atoms with van der Waals surface area (Å²) >= 11 is 0. The van der Waals surface area contributed by atoms with E-state index in [2.05, 4.69) is 5.32 Å². The smallest absolute Gasteiger partial charge is 0.222 e. The van der Waals surface area contributed by atoms with Crippen molar-refractivity contribution in [3.8, 4) is 0 Å². The zero-order chi connectivity index (χ0) is 12.8. The Kier molecular flexibility index (Phi) is 5.45. The second-order valence-electron chi connectivity index (χ2n) is 5.76. The van der Waals surface area contributed by atoms with Crippen LogP contribution in [0.2, 0.25) is 0 Å². The molecule has 2 N–H and O–H groups in total. The van der Waals surface area contributed by atoms with Gasteiger partial charge in [0.05, 0.1) is 0 Å². The third-order valence-electron chi connectivity index (χ3n) is 4.33. The van der Waals surface area contributed by atoms with Crippen molar-refractivity contribution in [2.24, 2.45) is 11.8 Å². The summed E-state index contributed by atoms with van der Waals surface area (Å²) in [5, 5.41) is 12.3. The molecule has 2 fully saturated rings. The number of hydrogen-bond acceptors (Lipinski definition) is 3. The van der Waals surface area contributed by atoms with E-state index in [9.17, 15) is 4.79 Å². The van der Waals surface area contributed by atoms with Crippen molar-refractivity contribution in [2.45, 2.75) is 38.5 Å². The number of aliphatic hydroxyl groups excluding tert-OH is 1. The molecule has 1 atom stereocenters. The Morgan fingerprint density at radius 1 is 1.22 bits per heavy atom. The molecule has 4 nitrogen and oxygen atoms in total. The van der Waals surface area contributed by atoms with E-state index in [0.29, 0.717) is 17.7 Å². The summed E-state index contributed by atoms with van der Waals surface area (Å²) in [6.45, 7) is 4.16. The lowest BCUT2D eigenvalue weighted by molar-refractivity contribution is -0.134. The maximum atomic E-state index is 12.3. The molecule has 1 unspecified atom stereocenters. The quantitative estimate of drug-likeness (QED) is 0.787. The lowest BCUT2D eigenvalue weighted by Crippen LogP contribution is -2.41. The minimum absolute atomic E-state index is 0.251. The maximum Gasteiger partial charge on any atom is 0.222 e. The molecule has 0 radical (unpaired) electrons. The van der Waals surface area contributed by atoms with E-state index < -0.39 is 0 Å². The van der Waals surface area contributed by atoms with Crippen molar-refractivity contribution in [3.63, 3.8) is 0 Å². The van der Waals surface area contributed by atoms with E-state index >= 15 is 0 Å². The van der Waals surface area contributed by atoms with Crippen LogP contribution < -0.4 is 5.32 Å². The van der Waals surface area contributed by atoms with Crippen molar-refractivity contribution in [1.82, 2.24) is 10.2 Å². The topological polar surface area (TPSA) is 52.6 Å². The van der Waals surface area contributed by atoms with Crippen LogP contribution in [-0.4, -0.2) is 48.7 Å². The Hall–Kier alpha value is -0.610. The first kappa shape index (κ1) is 13.8. The van der Waals surface area contributed by atoms with Gasteiger partial charge < -0.3 is 15.3 Å². The van der Waals surface area contributed by atoms with Gasteiger partial charge >= 0.3 is 0 Å². The van der Waals surface area contributed by atoms with Gasteiger partial charge in [0, 0.05) is 26.1 Å². The molecule has 0 aliphatic carbocycles. The summed E-state index contributed by atoms with van der Waals surface area (Å²) < 4.78 is 0. The van der Waals surface area contributed by atoms with Gasteiger partial charge in [0.1, 0.15) is 0 Å². The number of hydrogen-bond donors (Lipinski definition) is 2. The zero-order valence-electron chi connectivity index (χ0n) is 11.2. The molecule has 2 heterocycles. The molecule has 0 aromatic rings. The van der Waals surface area contributed by atoms with Crippen LogP contribution in [0.15, 0.2) is 0 Å². The Morgan fingerprint density at radius 2 is 2.00 bits per heavy atom. The van der Waals surface area contributed by atoms with Gasteiger partial charge in [0.25, 0.3) is 0 Å². The summed E-state index contributed by atoms with van der Waals surface area (Å²) in [5.74, 6) is 1.43. The Balaban J connectivity index is 1.76. The number of carbonyl (C=O) groups excluding carboxylic acids is 1. The first-order chi connectivity index (χ1) is 8.79. The van der Waals surface area contributed by atoms with Crippen molar-refractivity contribution in [3.05, 3.63) is 0 Å². The molecule has 0 aromatic carbocycles. The van der Waals surface area contributed by atoms with Gasteiger partial charge in [-0.25, -0.2) is 0 Å². The van der Waals surface area contributed by atoms with Crippen LogP contribution in [-0.2, 0) is 4.79 Å². The van der Waals surface area contributed by atoms with Crippen LogP contribution in [0.4, 0.5) is 0 Å². The minimum Gasteiger partial charge on any atom is -0.396 e. The van der Waals surface area contributed by atoms with E-state index in [1.165, 1.54) is 0 Å². The van der Waals surface area contributed by atoms with Gasteiger partial charge in [0.2, 0.25) is 5.91 Å². The summed E-state index contributed by atoms with van der Waals surface area (Å²) in [6.07, 6.45) is 6.12. The van der Waals surface area contributed by atoms with Crippen LogP contribution in [0.1, 0.15) is 38.5 Å². The molecule has 18 heavy (non-hydrogen) atoms. The predicted octanol–water partition coefficient (Wildman–Crippen LogP) is 0.997. The first-order valence-electron chi connectivity index (χ1n) is 7.39. The van der Waals surface area contributed by atoms with Crippen molar-refractivity contribution >= 4 is 5.91 Å². The van der Waals surface area contributed by atoms with E-state index in [-0.39, 0.29) is 6.61 Å². The lowest BCUT2D eigenvalue weighted by Gasteiger charge is -2.34. The molecule has 0 spiro atoms. The van der Waals surface area contributed by atoms with Crippen LogP contribution in [0.5, 0.6) is 0 Å². The highest BCUT2D eigenvalue weighted by molar-refractivity contribution is 5.76. The van der Waals surface area contributed by atoms with Crippen molar-refractivity contribution < 1.29 is 9.90 Å². The number of likely N-dealkylation sites (tertiary alicyclic amines) is 1. The third kappa shape index (κ3) is 3.95. The molecule has 104 valence electrons. The molecule has 2 saturated heterocycles. The predicted molar refractivity (Wildman–Crippen MR) is 71.2 cm³/mol. The van der Waals surface area contributed by atoms with E-state index in [1.54, 1.807) is 0 Å². The molecule has 4 heteroatoms. The van der Waals surface area contributed by atoms with E-state index in [1.807, 2.05) is 4.90 Å². The Labute approximate surface area is 110 Å². The largest absolute Gasteiger partial charge is 0.396 e. The molecular weight excluding hydrogens is 228 g/mol. The summed E-state index contributed by atoms with van der Waals surface area (Å²) in [4.78, 5) is 14.3. The number of carbonyl (C=O) groups is 1. The van der Waals surface area contributed by atoms with E-state index in [4.69, 9.17) is 5.11 Å². The molecule has 0 saturated carbocycles. The SMILES string of the molecule is O=C(CC1CCNCC1)N1CCCC(CCO)C1. The van der Waals surface area contributed by atoms with Gasteiger partial charge in [-0.1, -0.05) is 0 Å².